The van der Waals surface area contributed by atoms with E-state index in [1.165, 1.54) is 6.07 Å². The fourth-order valence-corrected chi connectivity index (χ4v) is 3.15. The van der Waals surface area contributed by atoms with Crippen molar-refractivity contribution in [3.8, 4) is 11.1 Å². The van der Waals surface area contributed by atoms with E-state index in [2.05, 4.69) is 10.1 Å². The lowest BCUT2D eigenvalue weighted by Crippen LogP contribution is -2.12. The molecule has 0 atom stereocenters. The van der Waals surface area contributed by atoms with Crippen LogP contribution in [0.3, 0.4) is 0 Å². The van der Waals surface area contributed by atoms with E-state index in [-0.39, 0.29) is 28.8 Å². The number of hydrogen-bond acceptors (Lipinski definition) is 4. The smallest absolute Gasteiger partial charge is 0.357 e. The summed E-state index contributed by atoms with van der Waals surface area (Å²) in [6.07, 6.45) is 0. The fourth-order valence-electron chi connectivity index (χ4n) is 2.90. The number of nitrogens with zero attached hydrogens (tertiary/aromatic N) is 3. The maximum Gasteiger partial charge on any atom is 0.357 e. The van der Waals surface area contributed by atoms with E-state index in [0.29, 0.717) is 16.9 Å². The van der Waals surface area contributed by atoms with E-state index in [0.717, 1.165) is 5.69 Å². The Morgan fingerprint density at radius 2 is 2.08 bits per heavy atom. The molecular weight excluding hydrogens is 357 g/mol. The highest BCUT2D eigenvalue weighted by molar-refractivity contribution is 6.33. The van der Waals surface area contributed by atoms with Gasteiger partial charge in [0.25, 0.3) is 0 Å². The molecule has 0 unspecified atom stereocenters. The molecule has 0 N–H and O–H groups in total. The average Bonchev–Trinajstić information content (AvgIpc) is 2.90. The molecule has 0 bridgehead atoms. The minimum absolute atomic E-state index is 0.0666. The predicted molar refractivity (Wildman–Crippen MR) is 98.2 cm³/mol. The van der Waals surface area contributed by atoms with Crippen molar-refractivity contribution in [1.82, 2.24) is 14.6 Å². The molecule has 0 saturated heterocycles. The first kappa shape index (κ1) is 18.3. The van der Waals surface area contributed by atoms with E-state index in [1.54, 1.807) is 36.6 Å². The van der Waals surface area contributed by atoms with Gasteiger partial charge in [-0.3, -0.25) is 0 Å². The van der Waals surface area contributed by atoms with Crippen molar-refractivity contribution in [1.29, 1.82) is 0 Å². The average molecular weight is 376 g/mol. The number of ether oxygens (including phenoxy) is 1. The van der Waals surface area contributed by atoms with Crippen LogP contribution in [0.4, 0.5) is 4.39 Å². The molecule has 2 heterocycles. The van der Waals surface area contributed by atoms with E-state index in [4.69, 9.17) is 16.3 Å². The summed E-state index contributed by atoms with van der Waals surface area (Å²) in [4.78, 5) is 16.7. The van der Waals surface area contributed by atoms with Crippen LogP contribution >= 0.6 is 11.6 Å². The highest BCUT2D eigenvalue weighted by atomic mass is 35.5. The van der Waals surface area contributed by atoms with Crippen LogP contribution in [0.5, 0.6) is 0 Å². The van der Waals surface area contributed by atoms with Gasteiger partial charge in [-0.1, -0.05) is 31.5 Å². The zero-order chi connectivity index (χ0) is 19.0. The normalized spacial score (nSPS) is 11.3. The molecule has 0 radical (unpaired) electrons. The van der Waals surface area contributed by atoms with Gasteiger partial charge in [0, 0.05) is 11.3 Å². The molecule has 0 amide bonds. The zero-order valence-electron chi connectivity index (χ0n) is 15.0. The molecule has 26 heavy (non-hydrogen) atoms. The first-order valence-corrected chi connectivity index (χ1v) is 8.74. The SMILES string of the molecule is CCOC(=O)c1cc(C(C)C)n2nc(C)c(-c3c(F)cccc3Cl)c2n1. The van der Waals surface area contributed by atoms with Crippen LogP contribution in [0.15, 0.2) is 24.3 Å². The molecule has 0 aliphatic rings. The van der Waals surface area contributed by atoms with Crippen LogP contribution in [-0.2, 0) is 4.74 Å². The molecule has 136 valence electrons. The van der Waals surface area contributed by atoms with Gasteiger partial charge < -0.3 is 4.74 Å². The summed E-state index contributed by atoms with van der Waals surface area (Å²) in [5.74, 6) is -0.928. The molecule has 0 spiro atoms. The van der Waals surface area contributed by atoms with E-state index in [1.807, 2.05) is 13.8 Å². The summed E-state index contributed by atoms with van der Waals surface area (Å²) >= 11 is 6.25. The number of aromatic nitrogens is 3. The monoisotopic (exact) mass is 375 g/mol. The van der Waals surface area contributed by atoms with Crippen LogP contribution in [-0.4, -0.2) is 27.2 Å². The number of fused-ring (bicyclic) bond motifs is 1. The number of halogens is 2. The van der Waals surface area contributed by atoms with Crippen molar-refractivity contribution in [2.24, 2.45) is 0 Å². The molecule has 0 aliphatic heterocycles. The maximum absolute atomic E-state index is 14.5. The molecule has 3 aromatic rings. The maximum atomic E-state index is 14.5. The number of esters is 1. The second kappa shape index (κ2) is 7.03. The van der Waals surface area contributed by atoms with Crippen LogP contribution in [0.2, 0.25) is 5.02 Å². The molecule has 7 heteroatoms. The molecule has 1 aromatic carbocycles. The molecule has 0 fully saturated rings. The van der Waals surface area contributed by atoms with Gasteiger partial charge in [0.05, 0.1) is 22.9 Å². The van der Waals surface area contributed by atoms with Gasteiger partial charge >= 0.3 is 5.97 Å². The second-order valence-electron chi connectivity index (χ2n) is 6.23. The number of carbonyl (C=O) groups excluding carboxylic acids is 1. The lowest BCUT2D eigenvalue weighted by molar-refractivity contribution is 0.0519. The van der Waals surface area contributed by atoms with Gasteiger partial charge in [-0.25, -0.2) is 18.7 Å². The second-order valence-corrected chi connectivity index (χ2v) is 6.64. The summed E-state index contributed by atoms with van der Waals surface area (Å²) in [7, 11) is 0. The van der Waals surface area contributed by atoms with Crippen molar-refractivity contribution >= 4 is 23.2 Å². The van der Waals surface area contributed by atoms with Crippen molar-refractivity contribution in [3.05, 3.63) is 52.2 Å². The van der Waals surface area contributed by atoms with E-state index >= 15 is 0 Å². The van der Waals surface area contributed by atoms with Crippen molar-refractivity contribution in [2.75, 3.05) is 6.61 Å². The van der Waals surface area contributed by atoms with E-state index < -0.39 is 11.8 Å². The molecule has 0 saturated carbocycles. The molecular formula is C19H19ClFN3O2. The summed E-state index contributed by atoms with van der Waals surface area (Å²) in [6, 6.07) is 6.15. The van der Waals surface area contributed by atoms with Gasteiger partial charge in [0.1, 0.15) is 5.82 Å². The largest absolute Gasteiger partial charge is 0.461 e. The van der Waals surface area contributed by atoms with Gasteiger partial charge in [0.2, 0.25) is 0 Å². The third-order valence-electron chi connectivity index (χ3n) is 4.08. The number of carbonyl (C=O) groups is 1. The van der Waals surface area contributed by atoms with Gasteiger partial charge in [-0.2, -0.15) is 5.10 Å². The van der Waals surface area contributed by atoms with E-state index in [9.17, 15) is 9.18 Å². The quantitative estimate of drug-likeness (QED) is 0.615. The standard InChI is InChI=1S/C19H19ClFN3O2/c1-5-26-19(25)14-9-15(10(2)3)24-18(22-14)16(11(4)23-24)17-12(20)7-6-8-13(17)21/h6-10H,5H2,1-4H3. The Kier molecular flexibility index (Phi) is 4.96. The number of aryl methyl sites for hydroxylation is 1. The summed E-state index contributed by atoms with van der Waals surface area (Å²) in [5, 5.41) is 4.78. The first-order valence-electron chi connectivity index (χ1n) is 8.36. The summed E-state index contributed by atoms with van der Waals surface area (Å²) in [5.41, 5.74) is 2.60. The number of hydrogen-bond donors (Lipinski definition) is 0. The molecule has 3 rings (SSSR count). The third-order valence-corrected chi connectivity index (χ3v) is 4.40. The lowest BCUT2D eigenvalue weighted by Gasteiger charge is -2.11. The third kappa shape index (κ3) is 3.05. The van der Waals surface area contributed by atoms with Crippen LogP contribution < -0.4 is 0 Å². The van der Waals surface area contributed by atoms with Crippen molar-refractivity contribution in [2.45, 2.75) is 33.6 Å². The zero-order valence-corrected chi connectivity index (χ0v) is 15.8. The van der Waals surface area contributed by atoms with Gasteiger partial charge in [0.15, 0.2) is 11.3 Å². The van der Waals surface area contributed by atoms with Crippen LogP contribution in [0.25, 0.3) is 16.8 Å². The summed E-state index contributed by atoms with van der Waals surface area (Å²) in [6.45, 7) is 7.70. The fraction of sp³-hybridized carbons (Fsp3) is 0.316. The Balaban J connectivity index is 2.38. The number of rotatable bonds is 4. The number of benzene rings is 1. The topological polar surface area (TPSA) is 56.5 Å². The highest BCUT2D eigenvalue weighted by Gasteiger charge is 2.23. The lowest BCUT2D eigenvalue weighted by atomic mass is 10.0. The Morgan fingerprint density at radius 1 is 1.35 bits per heavy atom. The molecule has 5 nitrogen and oxygen atoms in total. The Morgan fingerprint density at radius 3 is 2.69 bits per heavy atom. The predicted octanol–water partition coefficient (Wildman–Crippen LogP) is 4.80. The Bertz CT molecular complexity index is 978. The van der Waals surface area contributed by atoms with Crippen LogP contribution in [0.1, 0.15) is 48.6 Å². The highest BCUT2D eigenvalue weighted by Crippen LogP contribution is 2.36. The Labute approximate surface area is 155 Å². The van der Waals surface area contributed by atoms with Gasteiger partial charge in [-0.05, 0) is 38.0 Å². The van der Waals surface area contributed by atoms with Gasteiger partial charge in [-0.15, -0.1) is 0 Å². The Hall–Kier alpha value is -2.47. The minimum atomic E-state index is -0.527. The molecule has 0 aliphatic carbocycles. The van der Waals surface area contributed by atoms with Crippen molar-refractivity contribution in [3.63, 3.8) is 0 Å². The first-order chi connectivity index (χ1) is 12.3. The van der Waals surface area contributed by atoms with Crippen molar-refractivity contribution < 1.29 is 13.9 Å². The minimum Gasteiger partial charge on any atom is -0.461 e. The molecule has 2 aromatic heterocycles. The summed E-state index contributed by atoms with van der Waals surface area (Å²) < 4.78 is 21.2. The van der Waals surface area contributed by atoms with Crippen LogP contribution in [0, 0.1) is 12.7 Å².